The van der Waals surface area contributed by atoms with Gasteiger partial charge in [0.2, 0.25) is 0 Å². The van der Waals surface area contributed by atoms with Crippen molar-refractivity contribution in [3.8, 4) is 0 Å². The molecule has 0 saturated carbocycles. The van der Waals surface area contributed by atoms with Crippen molar-refractivity contribution in [3.63, 3.8) is 0 Å². The largest absolute Gasteiger partial charge is 0.394 e. The maximum Gasteiger partial charge on any atom is 0.111 e. The molecule has 7 heteroatoms. The van der Waals surface area contributed by atoms with Gasteiger partial charge < -0.3 is 36.0 Å². The summed E-state index contributed by atoms with van der Waals surface area (Å²) in [7, 11) is 0. The second kappa shape index (κ2) is 11.5. The summed E-state index contributed by atoms with van der Waals surface area (Å²) in [6, 6.07) is 9.28. The van der Waals surface area contributed by atoms with E-state index < -0.39 is 31.0 Å². The summed E-state index contributed by atoms with van der Waals surface area (Å²) in [5.41, 5.74) is 6.27. The van der Waals surface area contributed by atoms with Gasteiger partial charge >= 0.3 is 0 Å². The van der Waals surface area contributed by atoms with Gasteiger partial charge in [-0.05, 0) is 26.3 Å². The maximum absolute atomic E-state index is 9.58. The van der Waals surface area contributed by atoms with Gasteiger partial charge in [-0.3, -0.25) is 0 Å². The number of hydrogen-bond donors (Lipinski definition) is 6. The van der Waals surface area contributed by atoms with E-state index in [0.717, 1.165) is 5.56 Å². The summed E-state index contributed by atoms with van der Waals surface area (Å²) < 4.78 is 5.20. The van der Waals surface area contributed by atoms with E-state index in [2.05, 4.69) is 0 Å². The molecule has 1 aromatic carbocycles. The Morgan fingerprint density at radius 2 is 1.42 bits per heavy atom. The van der Waals surface area contributed by atoms with E-state index in [1.54, 1.807) is 0 Å². The van der Waals surface area contributed by atoms with Gasteiger partial charge in [0.15, 0.2) is 0 Å². The monoisotopic (exact) mass is 345 g/mol. The highest BCUT2D eigenvalue weighted by molar-refractivity contribution is 5.13. The fourth-order valence-corrected chi connectivity index (χ4v) is 1.53. The van der Waals surface area contributed by atoms with Gasteiger partial charge in [-0.15, -0.1) is 0 Å². The van der Waals surface area contributed by atoms with E-state index in [1.165, 1.54) is 0 Å². The highest BCUT2D eigenvalue weighted by Gasteiger charge is 2.29. The third-order valence-electron chi connectivity index (χ3n) is 2.73. The first-order chi connectivity index (χ1) is 11.1. The Hall–Kier alpha value is -1.06. The topological polar surface area (TPSA) is 136 Å². The lowest BCUT2D eigenvalue weighted by molar-refractivity contribution is -0.130. The fourth-order valence-electron chi connectivity index (χ4n) is 1.53. The van der Waals surface area contributed by atoms with Crippen LogP contribution in [0.15, 0.2) is 30.3 Å². The van der Waals surface area contributed by atoms with Crippen LogP contribution in [0.3, 0.4) is 0 Å². The zero-order chi connectivity index (χ0) is 18.8. The van der Waals surface area contributed by atoms with Crippen LogP contribution in [0.5, 0.6) is 0 Å². The average molecular weight is 345 g/mol. The first-order valence-electron chi connectivity index (χ1n) is 7.80. The summed E-state index contributed by atoms with van der Waals surface area (Å²) >= 11 is 0. The molecule has 1 rings (SSSR count). The van der Waals surface area contributed by atoms with Gasteiger partial charge in [0.25, 0.3) is 0 Å². The van der Waals surface area contributed by atoms with Gasteiger partial charge in [-0.2, -0.15) is 0 Å². The molecule has 0 fully saturated rings. The fraction of sp³-hybridized carbons (Fsp3) is 0.647. The number of benzene rings is 1. The van der Waals surface area contributed by atoms with E-state index in [0.29, 0.717) is 0 Å². The molecule has 24 heavy (non-hydrogen) atoms. The molecule has 0 aromatic heterocycles. The van der Waals surface area contributed by atoms with Crippen LogP contribution >= 0.6 is 0 Å². The van der Waals surface area contributed by atoms with Crippen molar-refractivity contribution in [2.45, 2.75) is 57.3 Å². The molecule has 0 aliphatic heterocycles. The molecule has 0 amide bonds. The first kappa shape index (κ1) is 22.9. The molecule has 1 aromatic rings. The number of rotatable bonds is 8. The van der Waals surface area contributed by atoms with Crippen molar-refractivity contribution < 1.29 is 30.3 Å². The minimum Gasteiger partial charge on any atom is -0.394 e. The molecule has 0 aliphatic carbocycles. The molecule has 140 valence electrons. The molecule has 0 heterocycles. The Morgan fingerprint density at radius 3 is 1.88 bits per heavy atom. The molecule has 4 atom stereocenters. The van der Waals surface area contributed by atoms with Crippen molar-refractivity contribution in [2.75, 3.05) is 13.2 Å². The lowest BCUT2D eigenvalue weighted by atomic mass is 10.0. The number of nitrogens with two attached hydrogens (primary N) is 1. The lowest BCUT2D eigenvalue weighted by Gasteiger charge is -2.25. The third kappa shape index (κ3) is 11.5. The summed E-state index contributed by atoms with van der Waals surface area (Å²) in [6.07, 6.45) is -6.06. The Bertz CT molecular complexity index is 417. The normalized spacial score (nSPS) is 16.5. The molecule has 7 N–H and O–H groups in total. The summed E-state index contributed by atoms with van der Waals surface area (Å²) in [6.45, 7) is 5.28. The minimum absolute atomic E-state index is 0. The molecule has 0 aliphatic rings. The van der Waals surface area contributed by atoms with Crippen LogP contribution in [-0.2, 0) is 11.3 Å². The van der Waals surface area contributed by atoms with E-state index in [9.17, 15) is 15.3 Å². The van der Waals surface area contributed by atoms with Crippen LogP contribution in [0, 0.1) is 0 Å². The summed E-state index contributed by atoms with van der Waals surface area (Å²) in [4.78, 5) is 0. The second-order valence-electron chi connectivity index (χ2n) is 6.67. The molecular weight excluding hydrogens is 314 g/mol. The van der Waals surface area contributed by atoms with Crippen molar-refractivity contribution >= 4 is 0 Å². The highest BCUT2D eigenvalue weighted by Crippen LogP contribution is 2.07. The summed E-state index contributed by atoms with van der Waals surface area (Å²) in [5, 5.41) is 46.3. The second-order valence-corrected chi connectivity index (χ2v) is 6.67. The van der Waals surface area contributed by atoms with Crippen LogP contribution in [0.1, 0.15) is 26.3 Å². The van der Waals surface area contributed by atoms with Crippen molar-refractivity contribution in [1.82, 2.24) is 0 Å². The first-order valence-corrected chi connectivity index (χ1v) is 7.80. The van der Waals surface area contributed by atoms with Crippen LogP contribution < -0.4 is 5.73 Å². The van der Waals surface area contributed by atoms with E-state index >= 15 is 0 Å². The maximum atomic E-state index is 9.58. The van der Waals surface area contributed by atoms with Crippen LogP contribution in [-0.4, -0.2) is 68.7 Å². The Kier molecular flexibility index (Phi) is 11.0. The van der Waals surface area contributed by atoms with Crippen molar-refractivity contribution in [1.29, 1.82) is 0 Å². The highest BCUT2D eigenvalue weighted by atomic mass is 16.5. The van der Waals surface area contributed by atoms with E-state index in [4.69, 9.17) is 20.7 Å². The molecule has 0 saturated heterocycles. The van der Waals surface area contributed by atoms with Crippen molar-refractivity contribution in [3.05, 3.63) is 35.9 Å². The quantitative estimate of drug-likeness (QED) is 0.369. The predicted octanol–water partition coefficient (Wildman–Crippen LogP) is -0.617. The zero-order valence-electron chi connectivity index (χ0n) is 14.5. The number of aliphatic hydroxyl groups is 5. The molecule has 0 spiro atoms. The number of ether oxygens (including phenoxy) is 1. The summed E-state index contributed by atoms with van der Waals surface area (Å²) in [5.74, 6) is 0. The van der Waals surface area contributed by atoms with Gasteiger partial charge in [-0.1, -0.05) is 30.3 Å². The third-order valence-corrected chi connectivity index (χ3v) is 2.73. The lowest BCUT2D eigenvalue weighted by Crippen LogP contribution is -2.47. The SMILES string of the molecule is CC(C)(C)N.OCC(O)C(O)C(O)C(O)COCc1ccccc1. The zero-order valence-corrected chi connectivity index (χ0v) is 14.5. The van der Waals surface area contributed by atoms with Gasteiger partial charge in [0, 0.05) is 5.54 Å². The average Bonchev–Trinajstić information content (AvgIpc) is 2.52. The predicted molar refractivity (Wildman–Crippen MR) is 91.2 cm³/mol. The molecule has 0 radical (unpaired) electrons. The standard InChI is InChI=1S/C13H20O6.C4H11N/c14-6-10(15)12(17)13(18)11(16)8-19-7-9-4-2-1-3-5-9;1-4(2,3)5/h1-5,10-18H,6-8H2;5H2,1-3H3. The van der Waals surface area contributed by atoms with Gasteiger partial charge in [0.1, 0.15) is 24.4 Å². The van der Waals surface area contributed by atoms with E-state index in [-0.39, 0.29) is 18.8 Å². The Morgan fingerprint density at radius 1 is 0.958 bits per heavy atom. The van der Waals surface area contributed by atoms with Crippen LogP contribution in [0.4, 0.5) is 0 Å². The number of aliphatic hydroxyl groups excluding tert-OH is 5. The molecular formula is C17H31NO6. The van der Waals surface area contributed by atoms with Gasteiger partial charge in [-0.25, -0.2) is 0 Å². The smallest absolute Gasteiger partial charge is 0.111 e. The van der Waals surface area contributed by atoms with Crippen molar-refractivity contribution in [2.24, 2.45) is 5.73 Å². The van der Waals surface area contributed by atoms with Crippen LogP contribution in [0.2, 0.25) is 0 Å². The minimum atomic E-state index is -1.62. The van der Waals surface area contributed by atoms with Gasteiger partial charge in [0.05, 0.1) is 19.8 Å². The number of hydrogen-bond acceptors (Lipinski definition) is 7. The molecule has 7 nitrogen and oxygen atoms in total. The molecule has 0 bridgehead atoms. The van der Waals surface area contributed by atoms with E-state index in [1.807, 2.05) is 51.1 Å². The molecule has 4 unspecified atom stereocenters. The van der Waals surface area contributed by atoms with Crippen LogP contribution in [0.25, 0.3) is 0 Å². The Balaban J connectivity index is 0.000000922. The Labute approximate surface area is 143 Å².